The van der Waals surface area contributed by atoms with Crippen molar-refractivity contribution in [2.75, 3.05) is 33.2 Å². The lowest BCUT2D eigenvalue weighted by Gasteiger charge is -2.32. The van der Waals surface area contributed by atoms with Gasteiger partial charge in [0.25, 0.3) is 0 Å². The minimum Gasteiger partial charge on any atom is -0.304 e. The van der Waals surface area contributed by atoms with Crippen LogP contribution in [-0.2, 0) is 6.54 Å². The molecule has 4 heteroatoms. The summed E-state index contributed by atoms with van der Waals surface area (Å²) < 4.78 is 13.9. The summed E-state index contributed by atoms with van der Waals surface area (Å²) in [6.07, 6.45) is 1.74. The van der Waals surface area contributed by atoms with Gasteiger partial charge in [-0.25, -0.2) is 4.39 Å². The standard InChI is InChI=1S/C17H20FN3/c1-20-6-8-21(9-7-20)13-14-10-15(12-16(18)11-14)17-4-2-3-5-19-17/h2-5,10-12H,6-9,13H2,1H3. The quantitative estimate of drug-likeness (QED) is 0.864. The van der Waals surface area contributed by atoms with E-state index in [0.29, 0.717) is 0 Å². The molecule has 1 aliphatic heterocycles. The second-order valence-electron chi connectivity index (χ2n) is 5.64. The molecule has 1 saturated heterocycles. The number of nitrogens with zero attached hydrogens (tertiary/aromatic N) is 3. The van der Waals surface area contributed by atoms with Crippen LogP contribution < -0.4 is 0 Å². The third-order valence-corrected chi connectivity index (χ3v) is 3.92. The highest BCUT2D eigenvalue weighted by atomic mass is 19.1. The topological polar surface area (TPSA) is 19.4 Å². The summed E-state index contributed by atoms with van der Waals surface area (Å²) >= 11 is 0. The summed E-state index contributed by atoms with van der Waals surface area (Å²) in [7, 11) is 2.14. The van der Waals surface area contributed by atoms with Gasteiger partial charge in [-0.3, -0.25) is 9.88 Å². The number of pyridine rings is 1. The molecule has 0 amide bonds. The van der Waals surface area contributed by atoms with E-state index < -0.39 is 0 Å². The molecule has 3 nitrogen and oxygen atoms in total. The van der Waals surface area contributed by atoms with Gasteiger partial charge in [-0.05, 0) is 42.9 Å². The van der Waals surface area contributed by atoms with Gasteiger partial charge in [0, 0.05) is 44.5 Å². The molecule has 1 aromatic carbocycles. The number of halogens is 1. The van der Waals surface area contributed by atoms with E-state index in [1.54, 1.807) is 18.3 Å². The first-order valence-corrected chi connectivity index (χ1v) is 7.32. The first kappa shape index (κ1) is 14.2. The fourth-order valence-corrected chi connectivity index (χ4v) is 2.69. The molecule has 2 aromatic rings. The first-order chi connectivity index (χ1) is 10.2. The highest BCUT2D eigenvalue weighted by Crippen LogP contribution is 2.21. The van der Waals surface area contributed by atoms with Crippen molar-refractivity contribution in [2.45, 2.75) is 6.54 Å². The number of benzene rings is 1. The fourth-order valence-electron chi connectivity index (χ4n) is 2.69. The van der Waals surface area contributed by atoms with Crippen molar-refractivity contribution in [1.29, 1.82) is 0 Å². The van der Waals surface area contributed by atoms with E-state index in [1.165, 1.54) is 0 Å². The third-order valence-electron chi connectivity index (χ3n) is 3.92. The Bertz CT molecular complexity index is 592. The van der Waals surface area contributed by atoms with Gasteiger partial charge >= 0.3 is 0 Å². The molecule has 0 bridgehead atoms. The molecule has 0 aliphatic carbocycles. The Morgan fingerprint density at radius 1 is 1.10 bits per heavy atom. The number of hydrogen-bond donors (Lipinski definition) is 0. The van der Waals surface area contributed by atoms with Crippen LogP contribution in [-0.4, -0.2) is 48.0 Å². The van der Waals surface area contributed by atoms with Crippen molar-refractivity contribution >= 4 is 0 Å². The van der Waals surface area contributed by atoms with Crippen molar-refractivity contribution in [1.82, 2.24) is 14.8 Å². The lowest BCUT2D eigenvalue weighted by Crippen LogP contribution is -2.43. The predicted octanol–water partition coefficient (Wildman–Crippen LogP) is 2.64. The van der Waals surface area contributed by atoms with Crippen molar-refractivity contribution in [2.24, 2.45) is 0 Å². The van der Waals surface area contributed by atoms with Gasteiger partial charge in [0.05, 0.1) is 5.69 Å². The summed E-state index contributed by atoms with van der Waals surface area (Å²) in [6, 6.07) is 10.9. The van der Waals surface area contributed by atoms with Crippen LogP contribution in [0.4, 0.5) is 4.39 Å². The molecule has 21 heavy (non-hydrogen) atoms. The molecule has 0 atom stereocenters. The van der Waals surface area contributed by atoms with Crippen LogP contribution in [0.25, 0.3) is 11.3 Å². The molecule has 0 unspecified atom stereocenters. The van der Waals surface area contributed by atoms with Gasteiger partial charge in [-0.1, -0.05) is 6.07 Å². The van der Waals surface area contributed by atoms with Crippen molar-refractivity contribution in [3.05, 3.63) is 54.0 Å². The van der Waals surface area contributed by atoms with Crippen LogP contribution in [0, 0.1) is 5.82 Å². The van der Waals surface area contributed by atoms with E-state index >= 15 is 0 Å². The van der Waals surface area contributed by atoms with Crippen LogP contribution in [0.1, 0.15) is 5.56 Å². The second-order valence-corrected chi connectivity index (χ2v) is 5.64. The van der Waals surface area contributed by atoms with E-state index in [4.69, 9.17) is 0 Å². The smallest absolute Gasteiger partial charge is 0.124 e. The first-order valence-electron chi connectivity index (χ1n) is 7.32. The van der Waals surface area contributed by atoms with Crippen molar-refractivity contribution in [3.63, 3.8) is 0 Å². The Balaban J connectivity index is 1.78. The molecule has 1 aromatic heterocycles. The summed E-state index contributed by atoms with van der Waals surface area (Å²) in [5.74, 6) is -0.192. The lowest BCUT2D eigenvalue weighted by molar-refractivity contribution is 0.148. The number of rotatable bonds is 3. The van der Waals surface area contributed by atoms with Crippen LogP contribution in [0.15, 0.2) is 42.6 Å². The van der Waals surface area contributed by atoms with Gasteiger partial charge in [0.15, 0.2) is 0 Å². The zero-order valence-electron chi connectivity index (χ0n) is 12.3. The molecule has 0 spiro atoms. The van der Waals surface area contributed by atoms with Crippen LogP contribution in [0.2, 0.25) is 0 Å². The van der Waals surface area contributed by atoms with Gasteiger partial charge in [0.2, 0.25) is 0 Å². The molecule has 0 N–H and O–H groups in total. The Labute approximate surface area is 125 Å². The van der Waals surface area contributed by atoms with Crippen LogP contribution in [0.3, 0.4) is 0 Å². The highest BCUT2D eigenvalue weighted by molar-refractivity contribution is 5.59. The normalized spacial score (nSPS) is 17.0. The molecular weight excluding hydrogens is 265 g/mol. The van der Waals surface area contributed by atoms with Crippen LogP contribution in [0.5, 0.6) is 0 Å². The molecule has 0 saturated carbocycles. The molecule has 0 radical (unpaired) electrons. The van der Waals surface area contributed by atoms with Crippen LogP contribution >= 0.6 is 0 Å². The molecule has 3 rings (SSSR count). The number of likely N-dealkylation sites (N-methyl/N-ethyl adjacent to an activating group) is 1. The Kier molecular flexibility index (Phi) is 4.27. The molecule has 1 fully saturated rings. The maximum absolute atomic E-state index is 13.9. The lowest BCUT2D eigenvalue weighted by atomic mass is 10.1. The maximum atomic E-state index is 13.9. The van der Waals surface area contributed by atoms with Gasteiger partial charge in [-0.2, -0.15) is 0 Å². The maximum Gasteiger partial charge on any atom is 0.124 e. The zero-order valence-corrected chi connectivity index (χ0v) is 12.3. The number of hydrogen-bond acceptors (Lipinski definition) is 3. The summed E-state index contributed by atoms with van der Waals surface area (Å²) in [5, 5.41) is 0. The Morgan fingerprint density at radius 2 is 1.90 bits per heavy atom. The monoisotopic (exact) mass is 285 g/mol. The van der Waals surface area contributed by atoms with Gasteiger partial charge in [-0.15, -0.1) is 0 Å². The Hall–Kier alpha value is -1.78. The highest BCUT2D eigenvalue weighted by Gasteiger charge is 2.14. The molecule has 2 heterocycles. The third kappa shape index (κ3) is 3.65. The van der Waals surface area contributed by atoms with Crippen molar-refractivity contribution < 1.29 is 4.39 Å². The van der Waals surface area contributed by atoms with Gasteiger partial charge in [0.1, 0.15) is 5.82 Å². The summed E-state index contributed by atoms with van der Waals surface area (Å²) in [5.41, 5.74) is 2.68. The summed E-state index contributed by atoms with van der Waals surface area (Å²) in [6.45, 7) is 5.01. The number of aromatic nitrogens is 1. The van der Waals surface area contributed by atoms with Crippen molar-refractivity contribution in [3.8, 4) is 11.3 Å². The van der Waals surface area contributed by atoms with Gasteiger partial charge < -0.3 is 4.90 Å². The fraction of sp³-hybridized carbons (Fsp3) is 0.353. The van der Waals surface area contributed by atoms with E-state index in [-0.39, 0.29) is 5.82 Å². The van der Waals surface area contributed by atoms with E-state index in [9.17, 15) is 4.39 Å². The predicted molar refractivity (Wildman–Crippen MR) is 82.4 cm³/mol. The number of piperazine rings is 1. The van der Waals surface area contributed by atoms with E-state index in [1.807, 2.05) is 24.3 Å². The average Bonchev–Trinajstić information content (AvgIpc) is 2.50. The Morgan fingerprint density at radius 3 is 2.62 bits per heavy atom. The largest absolute Gasteiger partial charge is 0.304 e. The molecular formula is C17H20FN3. The SMILES string of the molecule is CN1CCN(Cc2cc(F)cc(-c3ccccn3)c2)CC1. The van der Waals surface area contributed by atoms with E-state index in [0.717, 1.165) is 49.5 Å². The van der Waals surface area contributed by atoms with E-state index in [2.05, 4.69) is 21.8 Å². The summed E-state index contributed by atoms with van der Waals surface area (Å²) in [4.78, 5) is 8.99. The zero-order chi connectivity index (χ0) is 14.7. The minimum absolute atomic E-state index is 0.192. The second kappa shape index (κ2) is 6.33. The average molecular weight is 285 g/mol. The minimum atomic E-state index is -0.192. The molecule has 110 valence electrons. The molecule has 1 aliphatic rings.